The second-order valence-electron chi connectivity index (χ2n) is 7.04. The van der Waals surface area contributed by atoms with E-state index in [2.05, 4.69) is 16.8 Å². The van der Waals surface area contributed by atoms with Gasteiger partial charge in [-0.15, -0.1) is 0 Å². The first-order valence-electron chi connectivity index (χ1n) is 9.21. The van der Waals surface area contributed by atoms with Gasteiger partial charge >= 0.3 is 6.18 Å². The number of anilines is 1. The number of carbonyl (C=O) groups is 1. The quantitative estimate of drug-likeness (QED) is 0.635. The molecule has 29 heavy (non-hydrogen) atoms. The molecule has 1 aliphatic heterocycles. The van der Waals surface area contributed by atoms with Gasteiger partial charge in [0.15, 0.2) is 0 Å². The standard InChI is InChI=1S/C20H20F3N3.CH2O2/c1-13-8-9-15-16(25(13)2)10-11-17-18(15)24-19(20(21,22)23)26(17)12-14-6-4-3-5-7-14;2-1-3/h3-7,10-11,13H,8-9,12H2,1-2H3;1H,(H,2,3). The summed E-state index contributed by atoms with van der Waals surface area (Å²) in [6.45, 7) is 2.03. The van der Waals surface area contributed by atoms with Crippen LogP contribution in [-0.2, 0) is 23.9 Å². The lowest BCUT2D eigenvalue weighted by molar-refractivity contribution is -0.146. The fourth-order valence-corrected chi connectivity index (χ4v) is 3.74. The zero-order chi connectivity index (χ0) is 21.2. The van der Waals surface area contributed by atoms with Gasteiger partial charge in [-0.25, -0.2) is 4.98 Å². The topological polar surface area (TPSA) is 58.4 Å². The molecular formula is C21H22F3N3O2. The predicted octanol–water partition coefficient (Wildman–Crippen LogP) is 4.58. The third-order valence-electron chi connectivity index (χ3n) is 5.29. The van der Waals surface area contributed by atoms with Gasteiger partial charge in [-0.05, 0) is 37.5 Å². The van der Waals surface area contributed by atoms with E-state index in [4.69, 9.17) is 9.90 Å². The zero-order valence-corrected chi connectivity index (χ0v) is 16.1. The number of benzene rings is 2. The van der Waals surface area contributed by atoms with E-state index in [0.29, 0.717) is 17.1 Å². The van der Waals surface area contributed by atoms with Crippen molar-refractivity contribution in [2.24, 2.45) is 0 Å². The highest BCUT2D eigenvalue weighted by Gasteiger charge is 2.38. The first kappa shape index (κ1) is 20.7. The number of aryl methyl sites for hydroxylation is 1. The third-order valence-corrected chi connectivity index (χ3v) is 5.29. The lowest BCUT2D eigenvalue weighted by Crippen LogP contribution is -2.33. The van der Waals surface area contributed by atoms with E-state index in [1.165, 1.54) is 4.57 Å². The van der Waals surface area contributed by atoms with Crippen LogP contribution in [0, 0.1) is 0 Å². The molecule has 1 N–H and O–H groups in total. The summed E-state index contributed by atoms with van der Waals surface area (Å²) in [5, 5.41) is 6.89. The van der Waals surface area contributed by atoms with Crippen molar-refractivity contribution in [1.82, 2.24) is 9.55 Å². The lowest BCUT2D eigenvalue weighted by atomic mass is 9.96. The largest absolute Gasteiger partial charge is 0.483 e. The molecule has 5 nitrogen and oxygen atoms in total. The molecular weight excluding hydrogens is 383 g/mol. The normalized spacial score (nSPS) is 16.2. The number of fused-ring (bicyclic) bond motifs is 3. The second kappa shape index (κ2) is 8.14. The molecule has 1 aromatic heterocycles. The van der Waals surface area contributed by atoms with E-state index in [9.17, 15) is 13.2 Å². The number of imidazole rings is 1. The molecule has 1 aliphatic rings. The minimum absolute atomic E-state index is 0.150. The van der Waals surface area contributed by atoms with E-state index in [0.717, 1.165) is 29.7 Å². The maximum absolute atomic E-state index is 13.7. The van der Waals surface area contributed by atoms with Crippen molar-refractivity contribution in [2.45, 2.75) is 38.5 Å². The highest BCUT2D eigenvalue weighted by molar-refractivity contribution is 5.86. The van der Waals surface area contributed by atoms with Gasteiger partial charge in [0.1, 0.15) is 0 Å². The Balaban J connectivity index is 0.000000755. The van der Waals surface area contributed by atoms with Gasteiger partial charge in [0, 0.05) is 30.9 Å². The van der Waals surface area contributed by atoms with Crippen molar-refractivity contribution in [1.29, 1.82) is 0 Å². The SMILES string of the molecule is CC1CCc2c(ccc3c2nc(C(F)(F)F)n3Cc2ccccc2)N1C.O=CO. The molecule has 1 atom stereocenters. The minimum Gasteiger partial charge on any atom is -0.483 e. The van der Waals surface area contributed by atoms with Gasteiger partial charge in [-0.2, -0.15) is 13.2 Å². The summed E-state index contributed by atoms with van der Waals surface area (Å²) in [6, 6.07) is 13.3. The number of hydrogen-bond acceptors (Lipinski definition) is 3. The molecule has 0 amide bonds. The summed E-state index contributed by atoms with van der Waals surface area (Å²) in [6.07, 6.45) is -2.83. The van der Waals surface area contributed by atoms with Gasteiger partial charge < -0.3 is 14.6 Å². The van der Waals surface area contributed by atoms with E-state index >= 15 is 0 Å². The number of aromatic nitrogens is 2. The average Bonchev–Trinajstić information content (AvgIpc) is 3.05. The molecule has 0 saturated carbocycles. The summed E-state index contributed by atoms with van der Waals surface area (Å²) in [4.78, 5) is 14.6. The van der Waals surface area contributed by atoms with Gasteiger partial charge in [0.05, 0.1) is 11.0 Å². The van der Waals surface area contributed by atoms with Crippen LogP contribution in [0.3, 0.4) is 0 Å². The summed E-state index contributed by atoms with van der Waals surface area (Å²) < 4.78 is 42.3. The Kier molecular flexibility index (Phi) is 5.81. The van der Waals surface area contributed by atoms with Crippen molar-refractivity contribution in [3.63, 3.8) is 0 Å². The first-order chi connectivity index (χ1) is 13.8. The maximum Gasteiger partial charge on any atom is 0.449 e. The predicted molar refractivity (Wildman–Crippen MR) is 105 cm³/mol. The molecule has 0 spiro atoms. The Labute approximate surface area is 166 Å². The van der Waals surface area contributed by atoms with Crippen LogP contribution in [-0.4, -0.2) is 34.2 Å². The van der Waals surface area contributed by atoms with Gasteiger partial charge in [-0.1, -0.05) is 30.3 Å². The van der Waals surface area contributed by atoms with Crippen LogP contribution in [0.2, 0.25) is 0 Å². The highest BCUT2D eigenvalue weighted by Crippen LogP contribution is 2.38. The molecule has 0 aliphatic carbocycles. The Morgan fingerprint density at radius 3 is 2.48 bits per heavy atom. The van der Waals surface area contributed by atoms with E-state index in [1.54, 1.807) is 6.07 Å². The molecule has 2 aromatic carbocycles. The summed E-state index contributed by atoms with van der Waals surface area (Å²) in [5.74, 6) is -0.828. The summed E-state index contributed by atoms with van der Waals surface area (Å²) >= 11 is 0. The Morgan fingerprint density at radius 1 is 1.21 bits per heavy atom. The molecule has 8 heteroatoms. The smallest absolute Gasteiger partial charge is 0.449 e. The number of hydrogen-bond donors (Lipinski definition) is 1. The number of carboxylic acid groups (broad SMARTS) is 1. The molecule has 0 bridgehead atoms. The van der Waals surface area contributed by atoms with Gasteiger partial charge in [0.2, 0.25) is 5.82 Å². The van der Waals surface area contributed by atoms with Crippen LogP contribution in [0.1, 0.15) is 30.3 Å². The Hall–Kier alpha value is -3.03. The van der Waals surface area contributed by atoms with Crippen LogP contribution < -0.4 is 4.90 Å². The molecule has 3 aromatic rings. The maximum atomic E-state index is 13.7. The number of alkyl halides is 3. The Morgan fingerprint density at radius 2 is 1.86 bits per heavy atom. The van der Waals surface area contributed by atoms with Crippen LogP contribution in [0.25, 0.3) is 11.0 Å². The number of rotatable bonds is 2. The van der Waals surface area contributed by atoms with Crippen molar-refractivity contribution in [3.8, 4) is 0 Å². The highest BCUT2D eigenvalue weighted by atomic mass is 19.4. The van der Waals surface area contributed by atoms with Crippen molar-refractivity contribution >= 4 is 23.2 Å². The van der Waals surface area contributed by atoms with E-state index in [-0.39, 0.29) is 13.0 Å². The molecule has 0 fully saturated rings. The van der Waals surface area contributed by atoms with Gasteiger partial charge in [-0.3, -0.25) is 4.79 Å². The first-order valence-corrected chi connectivity index (χ1v) is 9.21. The number of halogens is 3. The van der Waals surface area contributed by atoms with Crippen molar-refractivity contribution in [3.05, 3.63) is 59.4 Å². The fraction of sp³-hybridized carbons (Fsp3) is 0.333. The molecule has 0 radical (unpaired) electrons. The molecule has 4 rings (SSSR count). The molecule has 154 valence electrons. The van der Waals surface area contributed by atoms with Crippen LogP contribution in [0.4, 0.5) is 18.9 Å². The van der Waals surface area contributed by atoms with E-state index < -0.39 is 12.0 Å². The lowest BCUT2D eigenvalue weighted by Gasteiger charge is -2.33. The monoisotopic (exact) mass is 405 g/mol. The van der Waals surface area contributed by atoms with Crippen LogP contribution in [0.15, 0.2) is 42.5 Å². The number of nitrogens with zero attached hydrogens (tertiary/aromatic N) is 3. The van der Waals surface area contributed by atoms with Crippen molar-refractivity contribution in [2.75, 3.05) is 11.9 Å². The van der Waals surface area contributed by atoms with Gasteiger partial charge in [0.25, 0.3) is 6.47 Å². The molecule has 0 saturated heterocycles. The minimum atomic E-state index is -4.49. The van der Waals surface area contributed by atoms with Crippen molar-refractivity contribution < 1.29 is 23.1 Å². The summed E-state index contributed by atoms with van der Waals surface area (Å²) in [5.41, 5.74) is 3.74. The van der Waals surface area contributed by atoms with Crippen LogP contribution >= 0.6 is 0 Å². The van der Waals surface area contributed by atoms with E-state index in [1.807, 2.05) is 43.4 Å². The average molecular weight is 405 g/mol. The Bertz CT molecular complexity index is 1000. The third kappa shape index (κ3) is 4.06. The fourth-order valence-electron chi connectivity index (χ4n) is 3.74. The summed E-state index contributed by atoms with van der Waals surface area (Å²) in [7, 11) is 1.99. The molecule has 1 unspecified atom stereocenters. The zero-order valence-electron chi connectivity index (χ0n) is 16.1. The second-order valence-corrected chi connectivity index (χ2v) is 7.04. The molecule has 2 heterocycles. The van der Waals surface area contributed by atoms with Crippen LogP contribution in [0.5, 0.6) is 0 Å².